The fraction of sp³-hybridized carbons (Fsp3) is 0.811. The van der Waals surface area contributed by atoms with E-state index in [1.807, 2.05) is 17.7 Å². The fourth-order valence-corrected chi connectivity index (χ4v) is 17.3. The molecule has 1 aromatic carbocycles. The molecule has 6 bridgehead atoms. The molecular formula is C37H53NO4S2. The average Bonchev–Trinajstić information content (AvgIpc) is 3.60. The average molecular weight is 640 g/mol. The summed E-state index contributed by atoms with van der Waals surface area (Å²) in [5, 5.41) is 27.2. The Hall–Kier alpha value is -0.730. The van der Waals surface area contributed by atoms with Crippen LogP contribution in [0.2, 0.25) is 0 Å². The second-order valence-corrected chi connectivity index (χ2v) is 19.5. The summed E-state index contributed by atoms with van der Waals surface area (Å²) in [4.78, 5) is 13.8. The molecule has 7 heteroatoms. The standard InChI is InChI=1S/C37H53NO4S2/c1-22(39)28-21-43-44-36(12-6-5-7-13-36)27-20-35(19-25(27)15-23-9-8-10-26(16-23)38-28)14-11-24-18-33(2)34(35,3)31(24)32-29(40)17-30(42-4)37(32,33)41/h8-10,16,22,24-25,27-28,30-32,38-39,41H,5-7,11-15,17-21H2,1-4H3. The molecule has 6 fully saturated rings. The Balaban J connectivity index is 1.23. The first-order chi connectivity index (χ1) is 21.0. The van der Waals surface area contributed by atoms with E-state index < -0.39 is 11.7 Å². The second-order valence-electron chi connectivity index (χ2n) is 16.7. The predicted molar refractivity (Wildman–Crippen MR) is 180 cm³/mol. The lowest BCUT2D eigenvalue weighted by Crippen LogP contribution is -2.58. The number of ether oxygens (including phenoxy) is 1. The monoisotopic (exact) mass is 639 g/mol. The van der Waals surface area contributed by atoms with Gasteiger partial charge in [-0.05, 0) is 110 Å². The van der Waals surface area contributed by atoms with Crippen molar-refractivity contribution in [2.45, 2.75) is 126 Å². The van der Waals surface area contributed by atoms with E-state index in [1.165, 1.54) is 63.4 Å². The molecule has 0 radical (unpaired) electrons. The molecule has 6 aliphatic carbocycles. The predicted octanol–water partition coefficient (Wildman–Crippen LogP) is 7.29. The molecule has 2 spiro atoms. The molecule has 12 unspecified atom stereocenters. The molecule has 8 rings (SSSR count). The zero-order valence-corrected chi connectivity index (χ0v) is 28.8. The summed E-state index contributed by atoms with van der Waals surface area (Å²) in [7, 11) is 5.87. The van der Waals surface area contributed by atoms with Gasteiger partial charge in [0.1, 0.15) is 11.4 Å². The number of rotatable bonds is 2. The molecule has 0 aromatic heterocycles. The number of Topliss-reactive ketones (excluding diaryl/α,β-unsaturated/α-hetero) is 1. The molecule has 1 aromatic rings. The van der Waals surface area contributed by atoms with Gasteiger partial charge in [0.15, 0.2) is 0 Å². The molecule has 1 aliphatic heterocycles. The first-order valence-electron chi connectivity index (χ1n) is 17.6. The SMILES string of the molecule is COC1CC(=O)C2C3C4CCC5(CC6Cc7cccc(c7)NC(C(C)O)CSSC7(CCCCC7)C6C5)C3(C)C(C)(C4)C12O. The number of nitrogens with one attached hydrogen (secondary N) is 1. The summed E-state index contributed by atoms with van der Waals surface area (Å²) in [5.41, 5.74) is 1.19. The summed E-state index contributed by atoms with van der Waals surface area (Å²) in [6.45, 7) is 6.85. The summed E-state index contributed by atoms with van der Waals surface area (Å²) in [6.07, 6.45) is 13.1. The molecule has 3 N–H and O–H groups in total. The number of methoxy groups -OCH3 is 1. The van der Waals surface area contributed by atoms with Gasteiger partial charge in [-0.3, -0.25) is 4.79 Å². The van der Waals surface area contributed by atoms with E-state index in [2.05, 4.69) is 54.2 Å². The van der Waals surface area contributed by atoms with Gasteiger partial charge in [-0.25, -0.2) is 0 Å². The maximum absolute atomic E-state index is 13.8. The van der Waals surface area contributed by atoms with Crippen LogP contribution in [0.1, 0.15) is 97.0 Å². The van der Waals surface area contributed by atoms with Gasteiger partial charge in [0.2, 0.25) is 0 Å². The highest BCUT2D eigenvalue weighted by atomic mass is 33.1. The van der Waals surface area contributed by atoms with Crippen molar-refractivity contribution in [3.05, 3.63) is 29.8 Å². The van der Waals surface area contributed by atoms with Crippen molar-refractivity contribution >= 4 is 33.1 Å². The Morgan fingerprint density at radius 1 is 1.05 bits per heavy atom. The van der Waals surface area contributed by atoms with Crippen molar-refractivity contribution < 1.29 is 19.7 Å². The number of carbonyl (C=O) groups is 1. The van der Waals surface area contributed by atoms with Crippen molar-refractivity contribution in [3.8, 4) is 0 Å². The number of aliphatic hydroxyl groups excluding tert-OH is 1. The summed E-state index contributed by atoms with van der Waals surface area (Å²) >= 11 is 0. The Bertz CT molecular complexity index is 1320. The third-order valence-corrected chi connectivity index (χ3v) is 18.8. The maximum atomic E-state index is 13.8. The van der Waals surface area contributed by atoms with Crippen LogP contribution < -0.4 is 5.32 Å². The fourth-order valence-electron chi connectivity index (χ4n) is 13.4. The maximum Gasteiger partial charge on any atom is 0.141 e. The van der Waals surface area contributed by atoms with Crippen molar-refractivity contribution in [2.24, 2.45) is 45.8 Å². The number of aliphatic hydroxyl groups is 2. The first kappa shape index (κ1) is 30.6. The third-order valence-electron chi connectivity index (χ3n) is 15.4. The molecule has 1 heterocycles. The van der Waals surface area contributed by atoms with Gasteiger partial charge in [0.25, 0.3) is 0 Å². The van der Waals surface area contributed by atoms with E-state index in [0.29, 0.717) is 24.2 Å². The van der Waals surface area contributed by atoms with E-state index in [-0.39, 0.29) is 50.8 Å². The van der Waals surface area contributed by atoms with Gasteiger partial charge < -0.3 is 20.3 Å². The zero-order valence-electron chi connectivity index (χ0n) is 27.1. The Kier molecular flexibility index (Phi) is 7.22. The van der Waals surface area contributed by atoms with Crippen LogP contribution in [-0.2, 0) is 16.0 Å². The number of ketones is 1. The van der Waals surface area contributed by atoms with Crippen molar-refractivity contribution in [1.82, 2.24) is 0 Å². The van der Waals surface area contributed by atoms with Gasteiger partial charge in [-0.1, -0.05) is 66.8 Å². The Labute approximate surface area is 272 Å². The van der Waals surface area contributed by atoms with Crippen LogP contribution in [-0.4, -0.2) is 57.5 Å². The number of fused-ring (bicyclic) bond motifs is 6. The first-order valence-corrected chi connectivity index (χ1v) is 20.0. The van der Waals surface area contributed by atoms with Crippen LogP contribution in [0, 0.1) is 45.8 Å². The lowest BCUT2D eigenvalue weighted by molar-refractivity contribution is -0.186. The van der Waals surface area contributed by atoms with Crippen LogP contribution in [0.4, 0.5) is 5.69 Å². The molecular weight excluding hydrogens is 587 g/mol. The minimum absolute atomic E-state index is 0.0169. The minimum Gasteiger partial charge on any atom is -0.391 e. The van der Waals surface area contributed by atoms with E-state index >= 15 is 0 Å². The van der Waals surface area contributed by atoms with Crippen molar-refractivity contribution in [3.63, 3.8) is 0 Å². The summed E-state index contributed by atoms with van der Waals surface area (Å²) in [5.74, 6) is 2.89. The van der Waals surface area contributed by atoms with E-state index in [9.17, 15) is 15.0 Å². The van der Waals surface area contributed by atoms with Gasteiger partial charge >= 0.3 is 0 Å². The number of benzene rings is 1. The molecule has 242 valence electrons. The highest BCUT2D eigenvalue weighted by Crippen LogP contribution is 2.86. The topological polar surface area (TPSA) is 78.8 Å². The molecule has 0 amide bonds. The highest BCUT2D eigenvalue weighted by molar-refractivity contribution is 8.77. The number of anilines is 1. The number of carbonyl (C=O) groups excluding carboxylic acids is 1. The highest BCUT2D eigenvalue weighted by Gasteiger charge is 2.87. The molecule has 0 saturated heterocycles. The molecule has 12 atom stereocenters. The van der Waals surface area contributed by atoms with Crippen molar-refractivity contribution in [2.75, 3.05) is 18.2 Å². The van der Waals surface area contributed by atoms with Crippen molar-refractivity contribution in [1.29, 1.82) is 0 Å². The van der Waals surface area contributed by atoms with Gasteiger partial charge in [-0.15, -0.1) is 0 Å². The lowest BCUT2D eigenvalue weighted by atomic mass is 9.48. The molecule has 6 saturated carbocycles. The number of hydrogen-bond acceptors (Lipinski definition) is 7. The molecule has 7 aliphatic rings. The van der Waals surface area contributed by atoms with Gasteiger partial charge in [-0.2, -0.15) is 0 Å². The normalized spacial score (nSPS) is 49.7. The van der Waals surface area contributed by atoms with E-state index in [4.69, 9.17) is 4.74 Å². The molecule has 44 heavy (non-hydrogen) atoms. The number of hydrogen-bond donors (Lipinski definition) is 3. The second kappa shape index (κ2) is 10.4. The Morgan fingerprint density at radius 2 is 1.84 bits per heavy atom. The van der Waals surface area contributed by atoms with Crippen LogP contribution in [0.15, 0.2) is 24.3 Å². The quantitative estimate of drug-likeness (QED) is 0.293. The zero-order chi connectivity index (χ0) is 30.7. The summed E-state index contributed by atoms with van der Waals surface area (Å²) in [6, 6.07) is 9.03. The van der Waals surface area contributed by atoms with Crippen LogP contribution in [0.3, 0.4) is 0 Å². The summed E-state index contributed by atoms with van der Waals surface area (Å²) < 4.78 is 6.22. The van der Waals surface area contributed by atoms with Crippen LogP contribution in [0.25, 0.3) is 0 Å². The van der Waals surface area contributed by atoms with E-state index in [0.717, 1.165) is 24.3 Å². The van der Waals surface area contributed by atoms with Crippen LogP contribution >= 0.6 is 21.6 Å². The van der Waals surface area contributed by atoms with Crippen LogP contribution in [0.5, 0.6) is 0 Å². The largest absolute Gasteiger partial charge is 0.391 e. The van der Waals surface area contributed by atoms with Gasteiger partial charge in [0.05, 0.1) is 24.2 Å². The van der Waals surface area contributed by atoms with E-state index in [1.54, 1.807) is 7.11 Å². The third kappa shape index (κ3) is 3.83. The van der Waals surface area contributed by atoms with Gasteiger partial charge in [0, 0.05) is 35.1 Å². The molecule has 5 nitrogen and oxygen atoms in total. The smallest absolute Gasteiger partial charge is 0.141 e. The Morgan fingerprint density at radius 3 is 2.59 bits per heavy atom. The minimum atomic E-state index is -1.05. The lowest BCUT2D eigenvalue weighted by Gasteiger charge is -2.57.